The van der Waals surface area contributed by atoms with Crippen LogP contribution in [0.15, 0.2) is 82.7 Å². The van der Waals surface area contributed by atoms with Gasteiger partial charge in [-0.25, -0.2) is 0 Å². The fourth-order valence-corrected chi connectivity index (χ4v) is 7.03. The predicted octanol–water partition coefficient (Wildman–Crippen LogP) is 5.90. The minimum absolute atomic E-state index is 0.103. The van der Waals surface area contributed by atoms with Crippen LogP contribution in [0, 0.1) is 6.07 Å². The molecule has 1 fully saturated rings. The first-order valence-electron chi connectivity index (χ1n) is 11.5. The fourth-order valence-electron chi connectivity index (χ4n) is 4.70. The van der Waals surface area contributed by atoms with E-state index in [1.807, 2.05) is 24.3 Å². The van der Waals surface area contributed by atoms with Crippen LogP contribution in [0.4, 0.5) is 0 Å². The van der Waals surface area contributed by atoms with Crippen molar-refractivity contribution in [2.45, 2.75) is 49.2 Å². The monoisotopic (exact) mass is 444 g/mol. The Hall–Kier alpha value is -2.56. The number of rotatable bonds is 6. The van der Waals surface area contributed by atoms with Gasteiger partial charge < -0.3 is 9.84 Å². The first kappa shape index (κ1) is 21.3. The number of thiol groups is 1. The summed E-state index contributed by atoms with van der Waals surface area (Å²) in [5.74, 6) is 2.47. The van der Waals surface area contributed by atoms with Crippen molar-refractivity contribution in [3.05, 3.63) is 95.6 Å². The molecule has 2 aliphatic rings. The first-order chi connectivity index (χ1) is 15.8. The highest BCUT2D eigenvalue weighted by molar-refractivity contribution is 8.30. The summed E-state index contributed by atoms with van der Waals surface area (Å²) in [7, 11) is -0.438. The number of hydrogen-bond donors (Lipinski definition) is 2. The van der Waals surface area contributed by atoms with Crippen LogP contribution in [0.3, 0.4) is 0 Å². The van der Waals surface area contributed by atoms with E-state index in [0.29, 0.717) is 12.5 Å². The molecule has 0 spiro atoms. The van der Waals surface area contributed by atoms with Gasteiger partial charge in [0.1, 0.15) is 12.4 Å². The smallest absolute Gasteiger partial charge is 0.127 e. The molecule has 1 N–H and O–H groups in total. The molecule has 32 heavy (non-hydrogen) atoms. The normalized spacial score (nSPS) is 24.2. The molecule has 3 aromatic carbocycles. The van der Waals surface area contributed by atoms with Crippen molar-refractivity contribution >= 4 is 15.9 Å². The summed E-state index contributed by atoms with van der Waals surface area (Å²) in [6, 6.07) is 28.7. The molecule has 0 saturated heterocycles. The zero-order chi connectivity index (χ0) is 21.8. The molecule has 0 aromatic heterocycles. The molecule has 1 saturated carbocycles. The number of benzene rings is 3. The summed E-state index contributed by atoms with van der Waals surface area (Å²) in [5.41, 5.74) is 3.84. The Morgan fingerprint density at radius 3 is 2.59 bits per heavy atom. The summed E-state index contributed by atoms with van der Waals surface area (Å²) in [6.07, 6.45) is 3.92. The van der Waals surface area contributed by atoms with Crippen LogP contribution in [0.2, 0.25) is 0 Å². The van der Waals surface area contributed by atoms with Gasteiger partial charge in [0, 0.05) is 23.9 Å². The third-order valence-electron chi connectivity index (χ3n) is 6.47. The highest BCUT2D eigenvalue weighted by Gasteiger charge is 2.23. The van der Waals surface area contributed by atoms with Crippen LogP contribution < -0.4 is 4.74 Å². The first-order valence-corrected chi connectivity index (χ1v) is 13.1. The van der Waals surface area contributed by atoms with Crippen LogP contribution in [0.25, 0.3) is 0 Å². The molecule has 1 unspecified atom stereocenters. The molecule has 1 radical (unpaired) electrons. The SMILES string of the molecule is OC1CCC(c2ccc(C3=NCC[SH]3c3cccc(COc4[c]cccc4)c3)cc2)CC1. The maximum Gasteiger partial charge on any atom is 0.127 e. The van der Waals surface area contributed by atoms with Gasteiger partial charge in [-0.05, 0) is 65.8 Å². The van der Waals surface area contributed by atoms with Gasteiger partial charge in [-0.3, -0.25) is 4.99 Å². The van der Waals surface area contributed by atoms with Crippen LogP contribution in [0.5, 0.6) is 5.75 Å². The zero-order valence-electron chi connectivity index (χ0n) is 18.3. The molecular weight excluding hydrogens is 414 g/mol. The van der Waals surface area contributed by atoms with E-state index >= 15 is 0 Å². The van der Waals surface area contributed by atoms with Crippen molar-refractivity contribution in [2.24, 2.45) is 4.99 Å². The molecule has 3 aromatic rings. The molecular formula is C28H30NO2S. The van der Waals surface area contributed by atoms with Gasteiger partial charge in [0.15, 0.2) is 0 Å². The van der Waals surface area contributed by atoms with Crippen molar-refractivity contribution in [3.63, 3.8) is 0 Å². The van der Waals surface area contributed by atoms with Crippen molar-refractivity contribution < 1.29 is 9.84 Å². The number of aliphatic hydroxyl groups is 1. The lowest BCUT2D eigenvalue weighted by atomic mass is 9.82. The largest absolute Gasteiger partial charge is 0.488 e. The van der Waals surface area contributed by atoms with E-state index in [9.17, 15) is 5.11 Å². The van der Waals surface area contributed by atoms with Gasteiger partial charge >= 0.3 is 0 Å². The van der Waals surface area contributed by atoms with Crippen molar-refractivity contribution in [1.82, 2.24) is 0 Å². The standard InChI is InChI=1S/C28H30NO2S/c30-25-15-13-23(14-16-25)22-9-11-24(12-10-22)28-29-17-18-32(28)27-8-4-5-21(19-27)20-31-26-6-2-1-3-7-26/h1-6,8-12,19,23,25,30,32H,13-18,20H2. The minimum Gasteiger partial charge on any atom is -0.488 e. The number of aliphatic imine (C=N–C) groups is 1. The van der Waals surface area contributed by atoms with Gasteiger partial charge in [-0.15, -0.1) is 0 Å². The number of hydrogen-bond acceptors (Lipinski definition) is 3. The predicted molar refractivity (Wildman–Crippen MR) is 133 cm³/mol. The summed E-state index contributed by atoms with van der Waals surface area (Å²) in [5, 5.41) is 11.1. The van der Waals surface area contributed by atoms with E-state index in [4.69, 9.17) is 9.73 Å². The Morgan fingerprint density at radius 2 is 1.81 bits per heavy atom. The average Bonchev–Trinajstić information content (AvgIpc) is 3.34. The molecule has 3 nitrogen and oxygen atoms in total. The van der Waals surface area contributed by atoms with E-state index < -0.39 is 10.9 Å². The Labute approximate surface area is 193 Å². The van der Waals surface area contributed by atoms with E-state index in [-0.39, 0.29) is 6.10 Å². The maximum atomic E-state index is 9.79. The Kier molecular flexibility index (Phi) is 6.61. The Morgan fingerprint density at radius 1 is 0.969 bits per heavy atom. The van der Waals surface area contributed by atoms with Crippen molar-refractivity contribution in [2.75, 3.05) is 12.3 Å². The molecule has 0 bridgehead atoms. The van der Waals surface area contributed by atoms with E-state index in [1.165, 1.54) is 26.6 Å². The maximum absolute atomic E-state index is 9.79. The highest BCUT2D eigenvalue weighted by atomic mass is 32.2. The van der Waals surface area contributed by atoms with Crippen molar-refractivity contribution in [3.8, 4) is 5.75 Å². The van der Waals surface area contributed by atoms with Crippen LogP contribution in [0.1, 0.15) is 48.3 Å². The van der Waals surface area contributed by atoms with E-state index in [1.54, 1.807) is 0 Å². The minimum atomic E-state index is -0.438. The van der Waals surface area contributed by atoms with Gasteiger partial charge in [-0.2, -0.15) is 10.9 Å². The van der Waals surface area contributed by atoms with Gasteiger partial charge in [-0.1, -0.05) is 54.6 Å². The van der Waals surface area contributed by atoms with E-state index in [2.05, 4.69) is 54.6 Å². The second kappa shape index (κ2) is 9.93. The van der Waals surface area contributed by atoms with Crippen LogP contribution in [-0.2, 0) is 6.61 Å². The van der Waals surface area contributed by atoms with Gasteiger partial charge in [0.25, 0.3) is 0 Å². The number of ether oxygens (including phenoxy) is 1. The lowest BCUT2D eigenvalue weighted by Gasteiger charge is -2.26. The molecule has 5 rings (SSSR count). The summed E-state index contributed by atoms with van der Waals surface area (Å²) < 4.78 is 5.90. The number of nitrogens with zero attached hydrogens (tertiary/aromatic N) is 1. The topological polar surface area (TPSA) is 41.8 Å². The lowest BCUT2D eigenvalue weighted by Crippen LogP contribution is -2.17. The quantitative estimate of drug-likeness (QED) is 0.465. The van der Waals surface area contributed by atoms with E-state index in [0.717, 1.165) is 43.7 Å². The highest BCUT2D eigenvalue weighted by Crippen LogP contribution is 2.44. The second-order valence-corrected chi connectivity index (χ2v) is 10.9. The summed E-state index contributed by atoms with van der Waals surface area (Å²) in [6.45, 7) is 1.46. The van der Waals surface area contributed by atoms with Crippen LogP contribution >= 0.6 is 10.9 Å². The van der Waals surface area contributed by atoms with Gasteiger partial charge in [0.05, 0.1) is 11.1 Å². The lowest BCUT2D eigenvalue weighted by molar-refractivity contribution is 0.122. The molecule has 1 aliphatic carbocycles. The third kappa shape index (κ3) is 4.92. The number of aliphatic hydroxyl groups excluding tert-OH is 1. The molecule has 4 heteroatoms. The molecule has 1 heterocycles. The Balaban J connectivity index is 1.28. The average molecular weight is 445 g/mol. The molecule has 0 amide bonds. The molecule has 1 aliphatic heterocycles. The van der Waals surface area contributed by atoms with Gasteiger partial charge in [0.2, 0.25) is 0 Å². The fraction of sp³-hybridized carbons (Fsp3) is 0.321. The molecule has 1 atom stereocenters. The second-order valence-electron chi connectivity index (χ2n) is 8.67. The summed E-state index contributed by atoms with van der Waals surface area (Å²) >= 11 is 0. The molecule has 165 valence electrons. The summed E-state index contributed by atoms with van der Waals surface area (Å²) in [4.78, 5) is 6.29. The zero-order valence-corrected chi connectivity index (χ0v) is 19.2. The van der Waals surface area contributed by atoms with Crippen LogP contribution in [-0.4, -0.2) is 28.6 Å². The van der Waals surface area contributed by atoms with Crippen molar-refractivity contribution in [1.29, 1.82) is 0 Å². The number of para-hydroxylation sites is 1. The Bertz CT molecular complexity index is 1060. The third-order valence-corrected chi connectivity index (χ3v) is 8.93.